The zero-order chi connectivity index (χ0) is 21.0. The predicted octanol–water partition coefficient (Wildman–Crippen LogP) is 3.63. The van der Waals surface area contributed by atoms with Crippen LogP contribution >= 0.6 is 0 Å². The Hall–Kier alpha value is -3.28. The molecule has 0 unspecified atom stereocenters. The second kappa shape index (κ2) is 6.90. The normalized spacial score (nSPS) is 27.5. The summed E-state index contributed by atoms with van der Waals surface area (Å²) in [5, 5.41) is 2.79. The van der Waals surface area contributed by atoms with Gasteiger partial charge >= 0.3 is 0 Å². The number of hydrogen-bond donors (Lipinski definition) is 1. The molecule has 5 rings (SSSR count). The second-order valence-corrected chi connectivity index (χ2v) is 8.30. The maximum absolute atomic E-state index is 13.1. The molecule has 1 saturated carbocycles. The number of nitrogens with zero attached hydrogens (tertiary/aromatic N) is 1. The minimum atomic E-state index is -0.869. The Morgan fingerprint density at radius 3 is 1.97 bits per heavy atom. The van der Waals surface area contributed by atoms with Gasteiger partial charge in [-0.25, -0.2) is 4.39 Å². The lowest BCUT2D eigenvalue weighted by Gasteiger charge is -2.23. The number of halogens is 1. The van der Waals surface area contributed by atoms with Crippen molar-refractivity contribution in [1.29, 1.82) is 0 Å². The van der Waals surface area contributed by atoms with Crippen molar-refractivity contribution in [2.24, 2.45) is 23.7 Å². The van der Waals surface area contributed by atoms with Crippen molar-refractivity contribution in [2.45, 2.75) is 19.4 Å². The number of carbonyl (C=O) groups excluding carboxylic acids is 3. The van der Waals surface area contributed by atoms with Crippen LogP contribution in [0.5, 0.6) is 0 Å². The number of likely N-dealkylation sites (tertiary alicyclic amines) is 1. The van der Waals surface area contributed by atoms with Crippen molar-refractivity contribution in [3.8, 4) is 11.1 Å². The van der Waals surface area contributed by atoms with Gasteiger partial charge in [0, 0.05) is 5.69 Å². The number of rotatable bonds is 4. The molecule has 2 fully saturated rings. The van der Waals surface area contributed by atoms with E-state index in [1.165, 1.54) is 12.1 Å². The lowest BCUT2D eigenvalue weighted by atomic mass is 9.85. The molecule has 1 N–H and O–H groups in total. The molecule has 1 heterocycles. The maximum Gasteiger partial charge on any atom is 0.247 e. The van der Waals surface area contributed by atoms with E-state index in [-0.39, 0.29) is 41.3 Å². The van der Waals surface area contributed by atoms with E-state index in [1.807, 2.05) is 24.3 Å². The Kier molecular flexibility index (Phi) is 4.31. The van der Waals surface area contributed by atoms with Gasteiger partial charge in [0.25, 0.3) is 0 Å². The molecule has 0 spiro atoms. The number of hydrogen-bond acceptors (Lipinski definition) is 3. The van der Waals surface area contributed by atoms with Gasteiger partial charge in [0.1, 0.15) is 11.9 Å². The SMILES string of the molecule is C[C@H](C(=O)Nc1ccc(-c2ccc(F)cc2)cc1)N1C(=O)[C@@H]2[C@H](C1=O)[C@H]1C=C[C@H]2C1. The quantitative estimate of drug-likeness (QED) is 0.625. The molecule has 2 aromatic rings. The van der Waals surface area contributed by atoms with Crippen LogP contribution in [0.25, 0.3) is 11.1 Å². The standard InChI is InChI=1S/C24H21FN2O3/c1-13(27-23(29)20-16-2-3-17(12-16)21(20)24(27)30)22(28)26-19-10-6-15(7-11-19)14-4-8-18(25)9-5-14/h2-11,13,16-17,20-21H,12H2,1H3,(H,26,28)/t13-,16+,17+,20-,21+/m1/s1. The summed E-state index contributed by atoms with van der Waals surface area (Å²) in [4.78, 5) is 39.7. The summed E-state index contributed by atoms with van der Waals surface area (Å²) in [5.41, 5.74) is 2.33. The predicted molar refractivity (Wildman–Crippen MR) is 109 cm³/mol. The third-order valence-corrected chi connectivity index (χ3v) is 6.60. The molecule has 1 aliphatic heterocycles. The third kappa shape index (κ3) is 2.86. The van der Waals surface area contributed by atoms with E-state index in [9.17, 15) is 18.8 Å². The first-order chi connectivity index (χ1) is 14.4. The summed E-state index contributed by atoms with van der Waals surface area (Å²) in [6, 6.07) is 12.4. The largest absolute Gasteiger partial charge is 0.324 e. The van der Waals surface area contributed by atoms with Crippen LogP contribution < -0.4 is 5.32 Å². The highest BCUT2D eigenvalue weighted by atomic mass is 19.1. The molecule has 5 atom stereocenters. The van der Waals surface area contributed by atoms with Crippen LogP contribution in [0.15, 0.2) is 60.7 Å². The topological polar surface area (TPSA) is 66.5 Å². The molecule has 3 aliphatic rings. The van der Waals surface area contributed by atoms with Gasteiger partial charge in [-0.15, -0.1) is 0 Å². The molecule has 0 radical (unpaired) electrons. The lowest BCUT2D eigenvalue weighted by Crippen LogP contribution is -2.46. The van der Waals surface area contributed by atoms with Crippen LogP contribution in [0.1, 0.15) is 13.3 Å². The summed E-state index contributed by atoms with van der Waals surface area (Å²) < 4.78 is 13.1. The van der Waals surface area contributed by atoms with Gasteiger partial charge in [0.05, 0.1) is 11.8 Å². The Labute approximate surface area is 173 Å². The molecule has 6 heteroatoms. The summed E-state index contributed by atoms with van der Waals surface area (Å²) >= 11 is 0. The number of amides is 3. The van der Waals surface area contributed by atoms with E-state index in [0.29, 0.717) is 5.69 Å². The van der Waals surface area contributed by atoms with Crippen molar-refractivity contribution < 1.29 is 18.8 Å². The van der Waals surface area contributed by atoms with Gasteiger partial charge in [0.2, 0.25) is 17.7 Å². The van der Waals surface area contributed by atoms with Crippen LogP contribution in [0, 0.1) is 29.5 Å². The van der Waals surface area contributed by atoms with E-state index < -0.39 is 11.9 Å². The van der Waals surface area contributed by atoms with Gasteiger partial charge in [-0.05, 0) is 60.6 Å². The molecule has 152 valence electrons. The van der Waals surface area contributed by atoms with Crippen molar-refractivity contribution in [3.63, 3.8) is 0 Å². The summed E-state index contributed by atoms with van der Waals surface area (Å²) in [6.45, 7) is 1.59. The minimum Gasteiger partial charge on any atom is -0.324 e. The Morgan fingerprint density at radius 1 is 0.933 bits per heavy atom. The van der Waals surface area contributed by atoms with Gasteiger partial charge in [-0.2, -0.15) is 0 Å². The van der Waals surface area contributed by atoms with Crippen LogP contribution in [-0.4, -0.2) is 28.7 Å². The Balaban J connectivity index is 1.28. The summed E-state index contributed by atoms with van der Waals surface area (Å²) in [5.74, 6) is -1.52. The fourth-order valence-corrected chi connectivity index (χ4v) is 5.06. The first-order valence-corrected chi connectivity index (χ1v) is 10.2. The van der Waals surface area contributed by atoms with Crippen molar-refractivity contribution in [2.75, 3.05) is 5.32 Å². The third-order valence-electron chi connectivity index (χ3n) is 6.60. The smallest absolute Gasteiger partial charge is 0.247 e. The first kappa shape index (κ1) is 18.7. The fraction of sp³-hybridized carbons (Fsp3) is 0.292. The second-order valence-electron chi connectivity index (χ2n) is 8.30. The van der Waals surface area contributed by atoms with E-state index in [2.05, 4.69) is 5.32 Å². The van der Waals surface area contributed by atoms with Crippen molar-refractivity contribution >= 4 is 23.4 Å². The van der Waals surface area contributed by atoms with E-state index in [4.69, 9.17) is 0 Å². The highest BCUT2D eigenvalue weighted by molar-refractivity contribution is 6.10. The van der Waals surface area contributed by atoms with Crippen molar-refractivity contribution in [1.82, 2.24) is 4.90 Å². The maximum atomic E-state index is 13.1. The van der Waals surface area contributed by atoms with Gasteiger partial charge < -0.3 is 5.32 Å². The molecule has 5 nitrogen and oxygen atoms in total. The van der Waals surface area contributed by atoms with E-state index >= 15 is 0 Å². The lowest BCUT2D eigenvalue weighted by molar-refractivity contribution is -0.146. The van der Waals surface area contributed by atoms with Crippen molar-refractivity contribution in [3.05, 3.63) is 66.5 Å². The number of carbonyl (C=O) groups is 3. The van der Waals surface area contributed by atoms with Crippen LogP contribution in [0.2, 0.25) is 0 Å². The monoisotopic (exact) mass is 404 g/mol. The van der Waals surface area contributed by atoms with Gasteiger partial charge in [0.15, 0.2) is 0 Å². The average Bonchev–Trinajstić information content (AvgIpc) is 3.42. The zero-order valence-corrected chi connectivity index (χ0v) is 16.4. The van der Waals surface area contributed by atoms with Crippen LogP contribution in [0.3, 0.4) is 0 Å². The number of benzene rings is 2. The van der Waals surface area contributed by atoms with E-state index in [1.54, 1.807) is 31.2 Å². The zero-order valence-electron chi connectivity index (χ0n) is 16.4. The van der Waals surface area contributed by atoms with Crippen LogP contribution in [0.4, 0.5) is 10.1 Å². The molecule has 3 amide bonds. The number of fused-ring (bicyclic) bond motifs is 5. The molecule has 2 bridgehead atoms. The average molecular weight is 404 g/mol. The highest BCUT2D eigenvalue weighted by Gasteiger charge is 2.60. The molecule has 1 saturated heterocycles. The highest BCUT2D eigenvalue weighted by Crippen LogP contribution is 2.52. The first-order valence-electron chi connectivity index (χ1n) is 10.2. The molecular formula is C24H21FN2O3. The molecule has 2 aromatic carbocycles. The Morgan fingerprint density at radius 2 is 1.43 bits per heavy atom. The molecule has 2 aliphatic carbocycles. The fourth-order valence-electron chi connectivity index (χ4n) is 5.06. The van der Waals surface area contributed by atoms with E-state index in [0.717, 1.165) is 22.4 Å². The molecular weight excluding hydrogens is 383 g/mol. The Bertz CT molecular complexity index is 1030. The molecule has 0 aromatic heterocycles. The minimum absolute atomic E-state index is 0.121. The summed E-state index contributed by atoms with van der Waals surface area (Å²) in [7, 11) is 0. The van der Waals surface area contributed by atoms with Gasteiger partial charge in [-0.1, -0.05) is 36.4 Å². The van der Waals surface area contributed by atoms with Crippen LogP contribution in [-0.2, 0) is 14.4 Å². The number of imide groups is 1. The molecule has 30 heavy (non-hydrogen) atoms. The number of nitrogens with one attached hydrogen (secondary N) is 1. The summed E-state index contributed by atoms with van der Waals surface area (Å²) in [6.07, 6.45) is 4.93. The van der Waals surface area contributed by atoms with Gasteiger partial charge in [-0.3, -0.25) is 19.3 Å². The number of anilines is 1. The number of allylic oxidation sites excluding steroid dienone is 2.